The summed E-state index contributed by atoms with van der Waals surface area (Å²) in [5, 5.41) is 8.00. The molecule has 0 aromatic carbocycles. The molecule has 2 aromatic heterocycles. The van der Waals surface area contributed by atoms with E-state index in [1.54, 1.807) is 6.07 Å². The van der Waals surface area contributed by atoms with E-state index < -0.39 is 0 Å². The fourth-order valence-corrected chi connectivity index (χ4v) is 3.30. The van der Waals surface area contributed by atoms with Gasteiger partial charge in [-0.3, -0.25) is 9.59 Å². The summed E-state index contributed by atoms with van der Waals surface area (Å²) in [6.07, 6.45) is 6.49. The van der Waals surface area contributed by atoms with E-state index >= 15 is 0 Å². The minimum absolute atomic E-state index is 0.0151. The number of piperidine rings is 1. The number of rotatable bonds is 5. The summed E-state index contributed by atoms with van der Waals surface area (Å²) in [6.45, 7) is 1.36. The van der Waals surface area contributed by atoms with Gasteiger partial charge in [-0.15, -0.1) is 0 Å². The predicted octanol–water partition coefficient (Wildman–Crippen LogP) is 0.985. The Morgan fingerprint density at radius 2 is 2.20 bits per heavy atom. The van der Waals surface area contributed by atoms with Crippen LogP contribution in [0.25, 0.3) is 0 Å². The molecule has 0 bridgehead atoms. The number of hydrogen-bond acceptors (Lipinski definition) is 6. The molecule has 8 nitrogen and oxygen atoms in total. The van der Waals surface area contributed by atoms with E-state index in [9.17, 15) is 9.59 Å². The molecule has 8 heteroatoms. The number of likely N-dealkylation sites (tertiary alicyclic amines) is 1. The van der Waals surface area contributed by atoms with Crippen LogP contribution in [-0.4, -0.2) is 43.8 Å². The Morgan fingerprint density at radius 1 is 1.32 bits per heavy atom. The average Bonchev–Trinajstić information content (AvgIpc) is 3.37. The molecule has 0 unspecified atom stereocenters. The van der Waals surface area contributed by atoms with Crippen LogP contribution < -0.4 is 5.56 Å². The van der Waals surface area contributed by atoms with Gasteiger partial charge in [-0.1, -0.05) is 5.16 Å². The average molecular weight is 343 g/mol. The predicted molar refractivity (Wildman–Crippen MR) is 87.8 cm³/mol. The van der Waals surface area contributed by atoms with Crippen molar-refractivity contribution in [2.24, 2.45) is 5.92 Å². The van der Waals surface area contributed by atoms with Gasteiger partial charge in [0, 0.05) is 37.7 Å². The van der Waals surface area contributed by atoms with Gasteiger partial charge in [-0.2, -0.15) is 10.1 Å². The topological polar surface area (TPSA) is 94.1 Å². The molecule has 1 atom stereocenters. The minimum atomic E-state index is -0.261. The number of hydrogen-bond donors (Lipinski definition) is 0. The van der Waals surface area contributed by atoms with Gasteiger partial charge in [-0.25, -0.2) is 4.68 Å². The summed E-state index contributed by atoms with van der Waals surface area (Å²) in [4.78, 5) is 30.5. The van der Waals surface area contributed by atoms with Crippen molar-refractivity contribution in [1.82, 2.24) is 24.8 Å². The lowest BCUT2D eigenvalue weighted by molar-refractivity contribution is -0.134. The first-order chi connectivity index (χ1) is 12.2. The zero-order valence-corrected chi connectivity index (χ0v) is 14.0. The monoisotopic (exact) mass is 343 g/mol. The largest absolute Gasteiger partial charge is 0.341 e. The molecule has 0 N–H and O–H groups in total. The Balaban J connectivity index is 1.35. The molecule has 1 aliphatic heterocycles. The highest BCUT2D eigenvalue weighted by atomic mass is 16.5. The maximum Gasteiger partial charge on any atom is 0.267 e. The highest BCUT2D eigenvalue weighted by Gasteiger charge is 2.30. The molecule has 2 fully saturated rings. The van der Waals surface area contributed by atoms with E-state index in [0.717, 1.165) is 31.5 Å². The van der Waals surface area contributed by atoms with Gasteiger partial charge in [0.1, 0.15) is 6.54 Å². The lowest BCUT2D eigenvalue weighted by Gasteiger charge is -2.32. The van der Waals surface area contributed by atoms with Gasteiger partial charge in [0.15, 0.2) is 5.82 Å². The van der Waals surface area contributed by atoms with E-state index in [1.165, 1.54) is 16.9 Å². The first-order valence-corrected chi connectivity index (χ1v) is 8.81. The van der Waals surface area contributed by atoms with E-state index in [-0.39, 0.29) is 18.0 Å². The van der Waals surface area contributed by atoms with Gasteiger partial charge in [0.2, 0.25) is 11.8 Å². The van der Waals surface area contributed by atoms with Crippen LogP contribution in [0.4, 0.5) is 0 Å². The molecule has 4 rings (SSSR count). The van der Waals surface area contributed by atoms with Crippen molar-refractivity contribution in [1.29, 1.82) is 0 Å². The molecule has 2 aliphatic rings. The Labute approximate surface area is 144 Å². The highest BCUT2D eigenvalue weighted by molar-refractivity contribution is 5.76. The second-order valence-electron chi connectivity index (χ2n) is 6.89. The second-order valence-corrected chi connectivity index (χ2v) is 6.89. The fraction of sp³-hybridized carbons (Fsp3) is 0.588. The SMILES string of the molecule is O=C(Cn1ncccc1=O)N1CCC[C@H](Cc2nc(C3CC3)no2)C1. The van der Waals surface area contributed by atoms with Gasteiger partial charge in [-0.05, 0) is 37.7 Å². The third kappa shape index (κ3) is 3.78. The van der Waals surface area contributed by atoms with Crippen molar-refractivity contribution in [3.63, 3.8) is 0 Å². The van der Waals surface area contributed by atoms with Crippen LogP contribution in [0, 0.1) is 5.92 Å². The summed E-state index contributed by atoms with van der Waals surface area (Å²) in [5.74, 6) is 2.22. The smallest absolute Gasteiger partial charge is 0.267 e. The van der Waals surface area contributed by atoms with Gasteiger partial charge in [0.05, 0.1) is 0 Å². The summed E-state index contributed by atoms with van der Waals surface area (Å²) in [5.41, 5.74) is -0.261. The number of carbonyl (C=O) groups is 1. The Bertz CT molecular complexity index is 810. The molecule has 3 heterocycles. The number of carbonyl (C=O) groups excluding carboxylic acids is 1. The van der Waals surface area contributed by atoms with Gasteiger partial charge in [0.25, 0.3) is 5.56 Å². The molecule has 1 amide bonds. The van der Waals surface area contributed by atoms with E-state index in [1.807, 2.05) is 4.90 Å². The van der Waals surface area contributed by atoms with Crippen LogP contribution in [0.15, 0.2) is 27.6 Å². The zero-order valence-electron chi connectivity index (χ0n) is 14.0. The molecule has 0 radical (unpaired) electrons. The summed E-state index contributed by atoms with van der Waals surface area (Å²) in [6, 6.07) is 2.98. The van der Waals surface area contributed by atoms with E-state index in [0.29, 0.717) is 37.2 Å². The zero-order chi connectivity index (χ0) is 17.2. The Morgan fingerprint density at radius 3 is 3.00 bits per heavy atom. The minimum Gasteiger partial charge on any atom is -0.341 e. The number of amides is 1. The molecule has 2 aromatic rings. The first kappa shape index (κ1) is 16.0. The quantitative estimate of drug-likeness (QED) is 0.803. The van der Waals surface area contributed by atoms with Crippen molar-refractivity contribution in [3.8, 4) is 0 Å². The maximum atomic E-state index is 12.5. The van der Waals surface area contributed by atoms with Crippen LogP contribution >= 0.6 is 0 Å². The van der Waals surface area contributed by atoms with Crippen LogP contribution in [0.1, 0.15) is 43.3 Å². The van der Waals surface area contributed by atoms with Gasteiger partial charge >= 0.3 is 0 Å². The third-order valence-corrected chi connectivity index (χ3v) is 4.83. The Kier molecular flexibility index (Phi) is 4.33. The summed E-state index contributed by atoms with van der Waals surface area (Å²) >= 11 is 0. The summed E-state index contributed by atoms with van der Waals surface area (Å²) in [7, 11) is 0. The molecular weight excluding hydrogens is 322 g/mol. The van der Waals surface area contributed by atoms with Crippen molar-refractivity contribution < 1.29 is 9.32 Å². The summed E-state index contributed by atoms with van der Waals surface area (Å²) < 4.78 is 6.56. The lowest BCUT2D eigenvalue weighted by Crippen LogP contribution is -2.43. The molecule has 132 valence electrons. The normalized spacial score (nSPS) is 20.6. The molecule has 25 heavy (non-hydrogen) atoms. The Hall–Kier alpha value is -2.51. The lowest BCUT2D eigenvalue weighted by atomic mass is 9.94. The molecule has 1 saturated heterocycles. The second kappa shape index (κ2) is 6.78. The molecule has 1 saturated carbocycles. The fourth-order valence-electron chi connectivity index (χ4n) is 3.30. The van der Waals surface area contributed by atoms with Crippen molar-refractivity contribution in [2.75, 3.05) is 13.1 Å². The van der Waals surface area contributed by atoms with Gasteiger partial charge < -0.3 is 9.42 Å². The van der Waals surface area contributed by atoms with Crippen LogP contribution in [0.5, 0.6) is 0 Å². The van der Waals surface area contributed by atoms with Crippen molar-refractivity contribution in [2.45, 2.75) is 44.6 Å². The standard InChI is InChI=1S/C17H21N5O3/c23-15-4-1-7-18-22(15)11-16(24)21-8-2-3-12(10-21)9-14-19-17(20-25-14)13-5-6-13/h1,4,7,12-13H,2-3,5-6,8-11H2/t12-/m1/s1. The molecule has 1 aliphatic carbocycles. The number of nitrogens with zero attached hydrogens (tertiary/aromatic N) is 5. The third-order valence-electron chi connectivity index (χ3n) is 4.83. The van der Waals surface area contributed by atoms with E-state index in [2.05, 4.69) is 15.2 Å². The molecule has 0 spiro atoms. The van der Waals surface area contributed by atoms with E-state index in [4.69, 9.17) is 4.52 Å². The van der Waals surface area contributed by atoms with Crippen molar-refractivity contribution in [3.05, 3.63) is 40.4 Å². The highest BCUT2D eigenvalue weighted by Crippen LogP contribution is 2.38. The van der Waals surface area contributed by atoms with Crippen LogP contribution in [0.2, 0.25) is 0 Å². The van der Waals surface area contributed by atoms with Crippen molar-refractivity contribution >= 4 is 5.91 Å². The number of aromatic nitrogens is 4. The van der Waals surface area contributed by atoms with Crippen LogP contribution in [0.3, 0.4) is 0 Å². The first-order valence-electron chi connectivity index (χ1n) is 8.81. The maximum absolute atomic E-state index is 12.5. The van der Waals surface area contributed by atoms with Crippen LogP contribution in [-0.2, 0) is 17.8 Å². The molecular formula is C17H21N5O3.